The summed E-state index contributed by atoms with van der Waals surface area (Å²) >= 11 is 5.91. The van der Waals surface area contributed by atoms with E-state index in [0.29, 0.717) is 22.0 Å². The quantitative estimate of drug-likeness (QED) is 0.581. The van der Waals surface area contributed by atoms with E-state index in [2.05, 4.69) is 15.1 Å². The predicted molar refractivity (Wildman–Crippen MR) is 114 cm³/mol. The minimum atomic E-state index is -3.86. The zero-order valence-corrected chi connectivity index (χ0v) is 17.3. The number of nitrogens with one attached hydrogen (secondary N) is 2. The van der Waals surface area contributed by atoms with E-state index in [1.54, 1.807) is 67.5 Å². The molecule has 0 saturated carbocycles. The molecule has 2 N–H and O–H groups in total. The standard InChI is InChI=1S/C20H19ClN4O3S/c1-14-6-8-17(23-20(26)9-7-15-12-22-25(2)13-15)11-19(14)29(27,28)24-18-5-3-4-16(21)10-18/h3-13,24H,1-2H3,(H,23,26)/b9-7+. The van der Waals surface area contributed by atoms with Gasteiger partial charge in [0.25, 0.3) is 10.0 Å². The first-order chi connectivity index (χ1) is 13.7. The van der Waals surface area contributed by atoms with Crippen LogP contribution in [0.2, 0.25) is 5.02 Å². The monoisotopic (exact) mass is 430 g/mol. The molecule has 0 radical (unpaired) electrons. The van der Waals surface area contributed by atoms with Crippen LogP contribution in [-0.4, -0.2) is 24.1 Å². The van der Waals surface area contributed by atoms with Crippen LogP contribution in [0.4, 0.5) is 11.4 Å². The molecule has 29 heavy (non-hydrogen) atoms. The fourth-order valence-electron chi connectivity index (χ4n) is 2.61. The Labute approximate surface area is 174 Å². The molecule has 1 heterocycles. The van der Waals surface area contributed by atoms with Crippen LogP contribution in [0.5, 0.6) is 0 Å². The number of carbonyl (C=O) groups excluding carboxylic acids is 1. The average molecular weight is 431 g/mol. The molecular weight excluding hydrogens is 412 g/mol. The number of hydrogen-bond donors (Lipinski definition) is 2. The van der Waals surface area contributed by atoms with Crippen LogP contribution < -0.4 is 10.0 Å². The smallest absolute Gasteiger partial charge is 0.262 e. The van der Waals surface area contributed by atoms with Gasteiger partial charge < -0.3 is 5.32 Å². The van der Waals surface area contributed by atoms with Crippen molar-refractivity contribution in [2.75, 3.05) is 10.0 Å². The molecule has 0 spiro atoms. The molecule has 1 aromatic heterocycles. The van der Waals surface area contributed by atoms with E-state index in [9.17, 15) is 13.2 Å². The summed E-state index contributed by atoms with van der Waals surface area (Å²) in [6.07, 6.45) is 6.37. The van der Waals surface area contributed by atoms with Crippen molar-refractivity contribution in [1.82, 2.24) is 9.78 Å². The van der Waals surface area contributed by atoms with E-state index < -0.39 is 10.0 Å². The number of aryl methyl sites for hydroxylation is 2. The number of nitrogens with zero attached hydrogens (tertiary/aromatic N) is 2. The lowest BCUT2D eigenvalue weighted by atomic mass is 10.2. The van der Waals surface area contributed by atoms with Crippen molar-refractivity contribution in [3.63, 3.8) is 0 Å². The second-order valence-electron chi connectivity index (χ2n) is 6.37. The van der Waals surface area contributed by atoms with Crippen LogP contribution in [0, 0.1) is 6.92 Å². The van der Waals surface area contributed by atoms with Crippen LogP contribution >= 0.6 is 11.6 Å². The van der Waals surface area contributed by atoms with Gasteiger partial charge in [-0.2, -0.15) is 5.10 Å². The summed E-state index contributed by atoms with van der Waals surface area (Å²) in [5.41, 5.74) is 2.04. The van der Waals surface area contributed by atoms with Gasteiger partial charge in [0, 0.05) is 35.6 Å². The van der Waals surface area contributed by atoms with Crippen molar-refractivity contribution in [3.05, 3.63) is 77.1 Å². The third-order valence-electron chi connectivity index (χ3n) is 3.97. The Bertz CT molecular complexity index is 1190. The zero-order chi connectivity index (χ0) is 21.0. The summed E-state index contributed by atoms with van der Waals surface area (Å²) in [6, 6.07) is 11.1. The number of benzene rings is 2. The molecule has 0 fully saturated rings. The lowest BCUT2D eigenvalue weighted by molar-refractivity contribution is -0.111. The number of hydrogen-bond acceptors (Lipinski definition) is 4. The molecule has 3 rings (SSSR count). The maximum atomic E-state index is 12.8. The molecule has 0 aliphatic rings. The first-order valence-electron chi connectivity index (χ1n) is 8.60. The van der Waals surface area contributed by atoms with Gasteiger partial charge in [-0.15, -0.1) is 0 Å². The number of sulfonamides is 1. The minimum Gasteiger partial charge on any atom is -0.322 e. The molecule has 150 valence electrons. The third-order valence-corrected chi connectivity index (χ3v) is 5.73. The van der Waals surface area contributed by atoms with Crippen molar-refractivity contribution in [2.45, 2.75) is 11.8 Å². The second-order valence-corrected chi connectivity index (χ2v) is 8.45. The van der Waals surface area contributed by atoms with Crippen LogP contribution in [0.15, 0.2) is 65.8 Å². The minimum absolute atomic E-state index is 0.0616. The maximum absolute atomic E-state index is 12.8. The van der Waals surface area contributed by atoms with Crippen LogP contribution in [0.1, 0.15) is 11.1 Å². The highest BCUT2D eigenvalue weighted by molar-refractivity contribution is 7.92. The summed E-state index contributed by atoms with van der Waals surface area (Å²) in [5, 5.41) is 7.10. The summed E-state index contributed by atoms with van der Waals surface area (Å²) in [4.78, 5) is 12.2. The molecule has 7 nitrogen and oxygen atoms in total. The van der Waals surface area contributed by atoms with Gasteiger partial charge in [0.05, 0.1) is 16.8 Å². The SMILES string of the molecule is Cc1ccc(NC(=O)/C=C/c2cnn(C)c2)cc1S(=O)(=O)Nc1cccc(Cl)c1. The second kappa shape index (κ2) is 8.50. The maximum Gasteiger partial charge on any atom is 0.262 e. The molecule has 0 atom stereocenters. The average Bonchev–Trinajstić information content (AvgIpc) is 3.06. The molecule has 0 saturated heterocycles. The largest absolute Gasteiger partial charge is 0.322 e. The van der Waals surface area contributed by atoms with Gasteiger partial charge in [-0.05, 0) is 48.9 Å². The van der Waals surface area contributed by atoms with Gasteiger partial charge in [0.15, 0.2) is 0 Å². The zero-order valence-electron chi connectivity index (χ0n) is 15.8. The fraction of sp³-hybridized carbons (Fsp3) is 0.100. The van der Waals surface area contributed by atoms with Gasteiger partial charge in [-0.3, -0.25) is 14.2 Å². The van der Waals surface area contributed by atoms with Gasteiger partial charge in [0.2, 0.25) is 5.91 Å². The number of rotatable bonds is 6. The topological polar surface area (TPSA) is 93.1 Å². The van der Waals surface area contributed by atoms with Gasteiger partial charge >= 0.3 is 0 Å². The first-order valence-corrected chi connectivity index (χ1v) is 10.5. The molecule has 0 unspecified atom stereocenters. The third kappa shape index (κ3) is 5.46. The van der Waals surface area contributed by atoms with Crippen molar-refractivity contribution in [2.24, 2.45) is 7.05 Å². The lowest BCUT2D eigenvalue weighted by Gasteiger charge is -2.12. The fourth-order valence-corrected chi connectivity index (χ4v) is 4.12. The van der Waals surface area contributed by atoms with Crippen LogP contribution in [0.3, 0.4) is 0 Å². The van der Waals surface area contributed by atoms with Crippen LogP contribution in [-0.2, 0) is 21.9 Å². The van der Waals surface area contributed by atoms with E-state index >= 15 is 0 Å². The van der Waals surface area contributed by atoms with Gasteiger partial charge in [-0.1, -0.05) is 23.7 Å². The van der Waals surface area contributed by atoms with E-state index in [1.165, 1.54) is 18.2 Å². The molecular formula is C20H19ClN4O3S. The predicted octanol–water partition coefficient (Wildman–Crippen LogP) is 3.83. The summed E-state index contributed by atoms with van der Waals surface area (Å²) in [5.74, 6) is -0.385. The molecule has 0 aliphatic heterocycles. The summed E-state index contributed by atoms with van der Waals surface area (Å²) in [7, 11) is -2.08. The Morgan fingerprint density at radius 1 is 1.17 bits per heavy atom. The van der Waals surface area contributed by atoms with E-state index in [-0.39, 0.29) is 10.8 Å². The molecule has 2 aromatic carbocycles. The number of anilines is 2. The Morgan fingerprint density at radius 3 is 2.66 bits per heavy atom. The number of halogens is 1. The highest BCUT2D eigenvalue weighted by Crippen LogP contribution is 2.24. The lowest BCUT2D eigenvalue weighted by Crippen LogP contribution is -2.15. The van der Waals surface area contributed by atoms with E-state index in [4.69, 9.17) is 11.6 Å². The Balaban J connectivity index is 1.78. The summed E-state index contributed by atoms with van der Waals surface area (Å²) < 4.78 is 29.7. The number of carbonyl (C=O) groups is 1. The molecule has 3 aromatic rings. The van der Waals surface area contributed by atoms with Gasteiger partial charge in [-0.25, -0.2) is 8.42 Å². The van der Waals surface area contributed by atoms with E-state index in [1.807, 2.05) is 0 Å². The summed E-state index contributed by atoms with van der Waals surface area (Å²) in [6.45, 7) is 1.68. The van der Waals surface area contributed by atoms with Crippen LogP contribution in [0.25, 0.3) is 6.08 Å². The molecule has 0 bridgehead atoms. The first kappa shape index (κ1) is 20.6. The van der Waals surface area contributed by atoms with Crippen molar-refractivity contribution in [3.8, 4) is 0 Å². The molecule has 1 amide bonds. The van der Waals surface area contributed by atoms with Crippen molar-refractivity contribution in [1.29, 1.82) is 0 Å². The van der Waals surface area contributed by atoms with Gasteiger partial charge in [0.1, 0.15) is 0 Å². The highest BCUT2D eigenvalue weighted by atomic mass is 35.5. The Morgan fingerprint density at radius 2 is 1.97 bits per heavy atom. The molecule has 9 heteroatoms. The molecule has 0 aliphatic carbocycles. The van der Waals surface area contributed by atoms with Crippen molar-refractivity contribution >= 4 is 45.0 Å². The normalized spacial score (nSPS) is 11.6. The Hall–Kier alpha value is -3.10. The van der Waals surface area contributed by atoms with E-state index in [0.717, 1.165) is 5.56 Å². The number of amides is 1. The Kier molecular flexibility index (Phi) is 6.05. The highest BCUT2D eigenvalue weighted by Gasteiger charge is 2.18. The number of aromatic nitrogens is 2. The van der Waals surface area contributed by atoms with Crippen molar-refractivity contribution < 1.29 is 13.2 Å².